The van der Waals surface area contributed by atoms with Gasteiger partial charge in [0, 0.05) is 19.4 Å². The Morgan fingerprint density at radius 1 is 0.476 bits per heavy atom. The van der Waals surface area contributed by atoms with Crippen molar-refractivity contribution in [2.24, 2.45) is 5.73 Å². The molecule has 10 heteroatoms. The van der Waals surface area contributed by atoms with Gasteiger partial charge in [-0.2, -0.15) is 0 Å². The minimum absolute atomic E-state index is 0.0519. The zero-order valence-electron chi connectivity index (χ0n) is 40.8. The molecule has 0 aromatic carbocycles. The molecule has 0 radical (unpaired) electrons. The van der Waals surface area contributed by atoms with Crippen molar-refractivity contribution in [1.29, 1.82) is 0 Å². The van der Waals surface area contributed by atoms with Crippen molar-refractivity contribution in [3.05, 3.63) is 48.6 Å². The summed E-state index contributed by atoms with van der Waals surface area (Å²) in [4.78, 5) is 35.0. The fourth-order valence-corrected chi connectivity index (χ4v) is 8.05. The highest BCUT2D eigenvalue weighted by Crippen LogP contribution is 2.43. The molecule has 0 bridgehead atoms. The highest BCUT2D eigenvalue weighted by Gasteiger charge is 2.26. The molecule has 3 N–H and O–H groups in total. The number of hydrogen-bond donors (Lipinski definition) is 2. The van der Waals surface area contributed by atoms with Gasteiger partial charge >= 0.3 is 19.8 Å². The number of allylic oxidation sites excluding steroid dienone is 8. The van der Waals surface area contributed by atoms with Crippen LogP contribution in [0.25, 0.3) is 0 Å². The molecule has 0 aliphatic heterocycles. The third-order valence-corrected chi connectivity index (χ3v) is 12.2. The van der Waals surface area contributed by atoms with E-state index in [1.54, 1.807) is 0 Å². The third-order valence-electron chi connectivity index (χ3n) is 11.2. The number of phosphoric acid groups is 1. The van der Waals surface area contributed by atoms with Gasteiger partial charge in [-0.05, 0) is 77.0 Å². The van der Waals surface area contributed by atoms with Crippen LogP contribution >= 0.6 is 7.82 Å². The highest BCUT2D eigenvalue weighted by molar-refractivity contribution is 7.47. The molecule has 0 aromatic heterocycles. The number of ether oxygens (including phenoxy) is 2. The molecule has 9 nitrogen and oxygen atoms in total. The van der Waals surface area contributed by atoms with E-state index in [4.69, 9.17) is 24.3 Å². The number of carbonyl (C=O) groups excluding carboxylic acids is 2. The fraction of sp³-hybridized carbons (Fsp3) is 0.811. The van der Waals surface area contributed by atoms with E-state index < -0.39 is 26.5 Å². The van der Waals surface area contributed by atoms with Crippen molar-refractivity contribution in [2.75, 3.05) is 26.4 Å². The molecule has 0 amide bonds. The number of nitrogens with two attached hydrogens (primary N) is 1. The molecule has 0 saturated carbocycles. The van der Waals surface area contributed by atoms with Gasteiger partial charge in [0.2, 0.25) is 0 Å². The van der Waals surface area contributed by atoms with Gasteiger partial charge in [0.15, 0.2) is 6.10 Å². The summed E-state index contributed by atoms with van der Waals surface area (Å²) in [7, 11) is -4.38. The average molecular weight is 908 g/mol. The molecule has 63 heavy (non-hydrogen) atoms. The number of esters is 2. The van der Waals surface area contributed by atoms with Crippen molar-refractivity contribution in [1.82, 2.24) is 0 Å². The van der Waals surface area contributed by atoms with E-state index in [0.717, 1.165) is 70.6 Å². The highest BCUT2D eigenvalue weighted by atomic mass is 31.2. The number of hydrogen-bond acceptors (Lipinski definition) is 8. The molecule has 0 fully saturated rings. The van der Waals surface area contributed by atoms with Crippen molar-refractivity contribution >= 4 is 19.8 Å². The topological polar surface area (TPSA) is 134 Å². The molecule has 2 unspecified atom stereocenters. The quantitative estimate of drug-likeness (QED) is 0.0265. The standard InChI is InChI=1S/C53H98NO8P/c1-3-5-7-9-11-13-15-17-18-19-20-21-22-23-24-25-26-27-28-29-30-31-32-34-36-38-40-42-44-46-53(56)62-51(50-61-63(57,58)60-48-47-54)49-59-52(55)45-43-41-39-37-35-33-16-14-12-10-8-6-4-2/h14-17,19-20,22-23,51H,3-13,18,21,24-50,54H2,1-2H3,(H,57,58)/b16-14-,17-15-,20-19-,23-22-. The van der Waals surface area contributed by atoms with Crippen molar-refractivity contribution in [2.45, 2.75) is 251 Å². The van der Waals surface area contributed by atoms with Gasteiger partial charge < -0.3 is 20.1 Å². The van der Waals surface area contributed by atoms with Crippen LogP contribution in [-0.2, 0) is 32.7 Å². The second kappa shape index (κ2) is 49.4. The van der Waals surface area contributed by atoms with E-state index in [2.05, 4.69) is 62.5 Å². The average Bonchev–Trinajstić information content (AvgIpc) is 3.27. The predicted molar refractivity (Wildman–Crippen MR) is 266 cm³/mol. The normalized spacial score (nSPS) is 13.5. The lowest BCUT2D eigenvalue weighted by Gasteiger charge is -2.19. The van der Waals surface area contributed by atoms with Crippen LogP contribution < -0.4 is 5.73 Å². The van der Waals surface area contributed by atoms with Gasteiger partial charge in [0.25, 0.3) is 0 Å². The molecular weight excluding hydrogens is 810 g/mol. The van der Waals surface area contributed by atoms with Gasteiger partial charge in [0.1, 0.15) is 6.61 Å². The van der Waals surface area contributed by atoms with E-state index in [9.17, 15) is 19.0 Å². The maximum absolute atomic E-state index is 12.6. The Kier molecular flexibility index (Phi) is 47.8. The van der Waals surface area contributed by atoms with Crippen LogP contribution in [0.3, 0.4) is 0 Å². The lowest BCUT2D eigenvalue weighted by Crippen LogP contribution is -2.29. The molecule has 0 aromatic rings. The SMILES string of the molecule is CCCCCC/C=C\CCCCCCCC(=O)OCC(COP(=O)(O)OCCN)OC(=O)CCCCCCCCCCCCCCCC/C=C\C/C=C\C/C=C\CCCCCCC. The van der Waals surface area contributed by atoms with Gasteiger partial charge in [-0.3, -0.25) is 18.6 Å². The lowest BCUT2D eigenvalue weighted by atomic mass is 10.0. The van der Waals surface area contributed by atoms with Gasteiger partial charge in [-0.25, -0.2) is 4.57 Å². The first-order chi connectivity index (χ1) is 30.8. The molecule has 0 saturated heterocycles. The smallest absolute Gasteiger partial charge is 0.462 e. The Bertz CT molecular complexity index is 1170. The minimum atomic E-state index is -4.38. The molecule has 368 valence electrons. The summed E-state index contributed by atoms with van der Waals surface area (Å²) < 4.78 is 32.9. The summed E-state index contributed by atoms with van der Waals surface area (Å²) in [6, 6.07) is 0. The van der Waals surface area contributed by atoms with E-state index in [-0.39, 0.29) is 38.6 Å². The number of unbranched alkanes of at least 4 members (excludes halogenated alkanes) is 28. The Morgan fingerprint density at radius 3 is 1.25 bits per heavy atom. The fourth-order valence-electron chi connectivity index (χ4n) is 7.28. The van der Waals surface area contributed by atoms with Crippen LogP contribution in [0.2, 0.25) is 0 Å². The first-order valence-electron chi connectivity index (χ1n) is 26.1. The second-order valence-corrected chi connectivity index (χ2v) is 18.8. The van der Waals surface area contributed by atoms with Gasteiger partial charge in [-0.15, -0.1) is 0 Å². The molecular formula is C53H98NO8P. The Morgan fingerprint density at radius 2 is 0.825 bits per heavy atom. The van der Waals surface area contributed by atoms with Crippen LogP contribution in [0, 0.1) is 0 Å². The van der Waals surface area contributed by atoms with Crippen molar-refractivity contribution < 1.29 is 37.6 Å². The molecule has 0 aliphatic carbocycles. The van der Waals surface area contributed by atoms with Gasteiger partial charge in [0.05, 0.1) is 13.2 Å². The monoisotopic (exact) mass is 908 g/mol. The maximum atomic E-state index is 12.6. The number of carbonyl (C=O) groups is 2. The number of rotatable bonds is 49. The van der Waals surface area contributed by atoms with Crippen LogP contribution in [0.5, 0.6) is 0 Å². The minimum Gasteiger partial charge on any atom is -0.462 e. The van der Waals surface area contributed by atoms with E-state index in [0.29, 0.717) is 6.42 Å². The molecule has 0 spiro atoms. The van der Waals surface area contributed by atoms with Crippen molar-refractivity contribution in [3.8, 4) is 0 Å². The summed E-state index contributed by atoms with van der Waals surface area (Å²) in [6.07, 6.45) is 58.7. The van der Waals surface area contributed by atoms with Crippen LogP contribution in [0.4, 0.5) is 0 Å². The first-order valence-corrected chi connectivity index (χ1v) is 27.6. The van der Waals surface area contributed by atoms with E-state index in [1.807, 2.05) is 0 Å². The molecule has 0 rings (SSSR count). The summed E-state index contributed by atoms with van der Waals surface area (Å²) in [5.74, 6) is -0.834. The first kappa shape index (κ1) is 61.0. The second-order valence-electron chi connectivity index (χ2n) is 17.4. The Hall–Kier alpha value is -2.03. The Balaban J connectivity index is 3.95. The molecule has 0 heterocycles. The maximum Gasteiger partial charge on any atom is 0.472 e. The van der Waals surface area contributed by atoms with Crippen LogP contribution in [0.1, 0.15) is 245 Å². The zero-order chi connectivity index (χ0) is 46.0. The van der Waals surface area contributed by atoms with Crippen LogP contribution in [-0.4, -0.2) is 49.3 Å². The predicted octanol–water partition coefficient (Wildman–Crippen LogP) is 15.8. The number of phosphoric ester groups is 1. The van der Waals surface area contributed by atoms with E-state index >= 15 is 0 Å². The molecule has 0 aliphatic rings. The van der Waals surface area contributed by atoms with Crippen molar-refractivity contribution in [3.63, 3.8) is 0 Å². The summed E-state index contributed by atoms with van der Waals surface area (Å²) in [5, 5.41) is 0. The summed E-state index contributed by atoms with van der Waals surface area (Å²) in [5.41, 5.74) is 5.36. The zero-order valence-corrected chi connectivity index (χ0v) is 41.7. The van der Waals surface area contributed by atoms with Crippen LogP contribution in [0.15, 0.2) is 48.6 Å². The summed E-state index contributed by atoms with van der Waals surface area (Å²) in [6.45, 7) is 3.72. The summed E-state index contributed by atoms with van der Waals surface area (Å²) >= 11 is 0. The Labute approximate surface area is 387 Å². The largest absolute Gasteiger partial charge is 0.472 e. The lowest BCUT2D eigenvalue weighted by molar-refractivity contribution is -0.161. The van der Waals surface area contributed by atoms with Gasteiger partial charge in [-0.1, -0.05) is 204 Å². The molecule has 2 atom stereocenters. The van der Waals surface area contributed by atoms with E-state index in [1.165, 1.54) is 141 Å². The third kappa shape index (κ3) is 49.2.